The summed E-state index contributed by atoms with van der Waals surface area (Å²) in [5, 5.41) is 0. The number of hydrogen-bond acceptors (Lipinski definition) is 4. The predicted molar refractivity (Wildman–Crippen MR) is 71.3 cm³/mol. The van der Waals surface area contributed by atoms with Crippen molar-refractivity contribution in [3.63, 3.8) is 0 Å². The summed E-state index contributed by atoms with van der Waals surface area (Å²) in [5.74, 6) is 2.09. The Balaban J connectivity index is 1.94. The summed E-state index contributed by atoms with van der Waals surface area (Å²) in [6.45, 7) is 3.07. The van der Waals surface area contributed by atoms with E-state index in [-0.39, 0.29) is 0 Å². The van der Waals surface area contributed by atoms with Crippen molar-refractivity contribution in [2.45, 2.75) is 52.0 Å². The lowest BCUT2D eigenvalue weighted by atomic mass is 10.0. The van der Waals surface area contributed by atoms with Crippen molar-refractivity contribution in [1.29, 1.82) is 0 Å². The largest absolute Gasteiger partial charge is 0.477 e. The van der Waals surface area contributed by atoms with E-state index in [0.717, 1.165) is 18.0 Å². The summed E-state index contributed by atoms with van der Waals surface area (Å²) >= 11 is 0. The molecular weight excluding hydrogens is 226 g/mol. The standard InChI is InChI=1S/C14H23N3O/c1-11-16-9-13(8-15)14(17-11)18-10-12-6-4-2-3-5-7-12/h9,12H,2-8,10,15H2,1H3. The molecule has 1 aromatic rings. The zero-order valence-electron chi connectivity index (χ0n) is 11.2. The molecule has 4 nitrogen and oxygen atoms in total. The quantitative estimate of drug-likeness (QED) is 0.833. The fourth-order valence-electron chi connectivity index (χ4n) is 2.47. The molecule has 0 amide bonds. The Morgan fingerprint density at radius 1 is 1.28 bits per heavy atom. The van der Waals surface area contributed by atoms with Gasteiger partial charge in [0.15, 0.2) is 0 Å². The highest BCUT2D eigenvalue weighted by Gasteiger charge is 2.14. The van der Waals surface area contributed by atoms with Gasteiger partial charge in [0, 0.05) is 18.3 Å². The lowest BCUT2D eigenvalue weighted by molar-refractivity contribution is 0.223. The second-order valence-electron chi connectivity index (χ2n) is 5.12. The van der Waals surface area contributed by atoms with Gasteiger partial charge >= 0.3 is 0 Å². The molecule has 100 valence electrons. The van der Waals surface area contributed by atoms with Crippen LogP contribution in [0.2, 0.25) is 0 Å². The molecule has 0 bridgehead atoms. The molecule has 0 spiro atoms. The first-order valence-corrected chi connectivity index (χ1v) is 6.95. The molecule has 0 aliphatic heterocycles. The van der Waals surface area contributed by atoms with E-state index in [9.17, 15) is 0 Å². The Morgan fingerprint density at radius 3 is 2.67 bits per heavy atom. The van der Waals surface area contributed by atoms with E-state index in [1.165, 1.54) is 38.5 Å². The fraction of sp³-hybridized carbons (Fsp3) is 0.714. The normalized spacial score (nSPS) is 17.4. The lowest BCUT2D eigenvalue weighted by Gasteiger charge is -2.16. The van der Waals surface area contributed by atoms with Gasteiger partial charge in [-0.2, -0.15) is 4.98 Å². The molecule has 4 heteroatoms. The van der Waals surface area contributed by atoms with E-state index in [0.29, 0.717) is 18.3 Å². The topological polar surface area (TPSA) is 61.0 Å². The summed E-state index contributed by atoms with van der Waals surface area (Å²) in [6, 6.07) is 0. The number of nitrogens with zero attached hydrogens (tertiary/aromatic N) is 2. The number of nitrogens with two attached hydrogens (primary N) is 1. The maximum atomic E-state index is 5.87. The molecule has 0 aromatic carbocycles. The molecule has 1 aromatic heterocycles. The first kappa shape index (κ1) is 13.3. The third-order valence-corrected chi connectivity index (χ3v) is 3.60. The molecule has 1 aliphatic rings. The average molecular weight is 249 g/mol. The van der Waals surface area contributed by atoms with Crippen molar-refractivity contribution in [1.82, 2.24) is 9.97 Å². The van der Waals surface area contributed by atoms with E-state index >= 15 is 0 Å². The van der Waals surface area contributed by atoms with Crippen LogP contribution in [-0.4, -0.2) is 16.6 Å². The predicted octanol–water partition coefficient (Wildman–Crippen LogP) is 2.59. The third kappa shape index (κ3) is 3.67. The molecule has 1 fully saturated rings. The Labute approximate surface area is 109 Å². The van der Waals surface area contributed by atoms with E-state index in [2.05, 4.69) is 9.97 Å². The van der Waals surface area contributed by atoms with Crippen LogP contribution in [0.3, 0.4) is 0 Å². The van der Waals surface area contributed by atoms with Crippen molar-refractivity contribution >= 4 is 0 Å². The van der Waals surface area contributed by atoms with Crippen LogP contribution in [0.4, 0.5) is 0 Å². The highest BCUT2D eigenvalue weighted by atomic mass is 16.5. The number of rotatable bonds is 4. The Morgan fingerprint density at radius 2 is 2.00 bits per heavy atom. The van der Waals surface area contributed by atoms with Gasteiger partial charge in [0.2, 0.25) is 5.88 Å². The maximum absolute atomic E-state index is 5.87. The Hall–Kier alpha value is -1.16. The van der Waals surface area contributed by atoms with E-state index in [1.54, 1.807) is 6.20 Å². The Kier molecular flexibility index (Phi) is 4.93. The van der Waals surface area contributed by atoms with Crippen LogP contribution >= 0.6 is 0 Å². The van der Waals surface area contributed by atoms with Gasteiger partial charge in [0.1, 0.15) is 5.82 Å². The molecule has 1 heterocycles. The van der Waals surface area contributed by atoms with Gasteiger partial charge in [-0.1, -0.05) is 25.7 Å². The minimum atomic E-state index is 0.431. The maximum Gasteiger partial charge on any atom is 0.221 e. The summed E-state index contributed by atoms with van der Waals surface area (Å²) in [5.41, 5.74) is 6.57. The smallest absolute Gasteiger partial charge is 0.221 e. The van der Waals surface area contributed by atoms with E-state index in [1.807, 2.05) is 6.92 Å². The molecule has 1 saturated carbocycles. The van der Waals surface area contributed by atoms with Crippen molar-refractivity contribution in [3.8, 4) is 5.88 Å². The van der Waals surface area contributed by atoms with Crippen molar-refractivity contribution in [2.24, 2.45) is 11.7 Å². The molecule has 2 N–H and O–H groups in total. The summed E-state index contributed by atoms with van der Waals surface area (Å²) in [4.78, 5) is 8.49. The number of hydrogen-bond donors (Lipinski definition) is 1. The molecule has 0 atom stereocenters. The van der Waals surface area contributed by atoms with Gasteiger partial charge < -0.3 is 10.5 Å². The lowest BCUT2D eigenvalue weighted by Crippen LogP contribution is -2.14. The van der Waals surface area contributed by atoms with E-state index in [4.69, 9.17) is 10.5 Å². The molecule has 0 radical (unpaired) electrons. The molecular formula is C14H23N3O. The van der Waals surface area contributed by atoms with Gasteiger partial charge in [0.25, 0.3) is 0 Å². The zero-order chi connectivity index (χ0) is 12.8. The number of ether oxygens (including phenoxy) is 1. The first-order chi connectivity index (χ1) is 8.79. The molecule has 0 unspecified atom stereocenters. The summed E-state index contributed by atoms with van der Waals surface area (Å²) < 4.78 is 5.87. The second kappa shape index (κ2) is 6.69. The Bertz CT molecular complexity index is 373. The second-order valence-corrected chi connectivity index (χ2v) is 5.12. The average Bonchev–Trinajstić information content (AvgIpc) is 2.65. The summed E-state index contributed by atoms with van der Waals surface area (Å²) in [6.07, 6.45) is 9.74. The first-order valence-electron chi connectivity index (χ1n) is 6.95. The SMILES string of the molecule is Cc1ncc(CN)c(OCC2CCCCCC2)n1. The van der Waals surface area contributed by atoms with E-state index < -0.39 is 0 Å². The molecule has 2 rings (SSSR count). The van der Waals surface area contributed by atoms with Gasteiger partial charge in [-0.3, -0.25) is 0 Å². The monoisotopic (exact) mass is 249 g/mol. The van der Waals surface area contributed by atoms with Crippen molar-refractivity contribution < 1.29 is 4.74 Å². The minimum absolute atomic E-state index is 0.431. The van der Waals surface area contributed by atoms with Crippen LogP contribution in [0.1, 0.15) is 49.9 Å². The highest BCUT2D eigenvalue weighted by molar-refractivity contribution is 5.23. The van der Waals surface area contributed by atoms with Crippen molar-refractivity contribution in [2.75, 3.05) is 6.61 Å². The molecule has 18 heavy (non-hydrogen) atoms. The van der Waals surface area contributed by atoms with Crippen LogP contribution in [0.25, 0.3) is 0 Å². The van der Waals surface area contributed by atoms with Crippen LogP contribution in [-0.2, 0) is 6.54 Å². The van der Waals surface area contributed by atoms with Crippen molar-refractivity contribution in [3.05, 3.63) is 17.6 Å². The van der Waals surface area contributed by atoms with Crippen LogP contribution < -0.4 is 10.5 Å². The third-order valence-electron chi connectivity index (χ3n) is 3.60. The van der Waals surface area contributed by atoms with Gasteiger partial charge in [-0.05, 0) is 25.7 Å². The van der Waals surface area contributed by atoms with Gasteiger partial charge in [-0.25, -0.2) is 4.98 Å². The van der Waals surface area contributed by atoms with Gasteiger partial charge in [0.05, 0.1) is 6.61 Å². The molecule has 0 saturated heterocycles. The minimum Gasteiger partial charge on any atom is -0.477 e. The van der Waals surface area contributed by atoms with Crippen LogP contribution in [0, 0.1) is 12.8 Å². The number of aryl methyl sites for hydroxylation is 1. The van der Waals surface area contributed by atoms with Crippen LogP contribution in [0.5, 0.6) is 5.88 Å². The van der Waals surface area contributed by atoms with Gasteiger partial charge in [-0.15, -0.1) is 0 Å². The fourth-order valence-corrected chi connectivity index (χ4v) is 2.47. The van der Waals surface area contributed by atoms with Crippen LogP contribution in [0.15, 0.2) is 6.20 Å². The highest BCUT2D eigenvalue weighted by Crippen LogP contribution is 2.24. The number of aromatic nitrogens is 2. The summed E-state index contributed by atoms with van der Waals surface area (Å²) in [7, 11) is 0. The zero-order valence-corrected chi connectivity index (χ0v) is 11.2. The molecule has 1 aliphatic carbocycles.